The standard InChI is InChI=1S/C17H14BrN3OS/c1-11-19-15-8-3-2-7-14(15)17(20-11)23-10-16(22)21-13-6-4-5-12(18)9-13/h2-9H,10H2,1H3,(H,21,22). The van der Waals surface area contributed by atoms with E-state index in [4.69, 9.17) is 0 Å². The molecule has 3 rings (SSSR count). The molecule has 0 radical (unpaired) electrons. The SMILES string of the molecule is Cc1nc(SCC(=O)Nc2cccc(Br)c2)c2ccccc2n1. The van der Waals surface area contributed by atoms with Gasteiger partial charge in [-0.05, 0) is 31.2 Å². The van der Waals surface area contributed by atoms with Crippen LogP contribution in [0.3, 0.4) is 0 Å². The van der Waals surface area contributed by atoms with Gasteiger partial charge in [0, 0.05) is 15.5 Å². The van der Waals surface area contributed by atoms with Crippen molar-refractivity contribution in [1.29, 1.82) is 0 Å². The number of rotatable bonds is 4. The number of benzene rings is 2. The van der Waals surface area contributed by atoms with Crippen molar-refractivity contribution in [1.82, 2.24) is 9.97 Å². The van der Waals surface area contributed by atoms with Gasteiger partial charge < -0.3 is 5.32 Å². The van der Waals surface area contributed by atoms with E-state index in [1.807, 2.05) is 55.5 Å². The summed E-state index contributed by atoms with van der Waals surface area (Å²) in [5.41, 5.74) is 1.67. The quantitative estimate of drug-likeness (QED) is 0.531. The van der Waals surface area contributed by atoms with Gasteiger partial charge in [0.25, 0.3) is 0 Å². The van der Waals surface area contributed by atoms with Crippen LogP contribution in [0, 0.1) is 6.92 Å². The third kappa shape index (κ3) is 4.09. The number of hydrogen-bond acceptors (Lipinski definition) is 4. The number of halogens is 1. The lowest BCUT2D eigenvalue weighted by molar-refractivity contribution is -0.113. The van der Waals surface area contributed by atoms with Crippen LogP contribution in [0.5, 0.6) is 0 Å². The van der Waals surface area contributed by atoms with Gasteiger partial charge in [0.15, 0.2) is 0 Å². The second-order valence-electron chi connectivity index (χ2n) is 4.94. The highest BCUT2D eigenvalue weighted by Crippen LogP contribution is 2.25. The van der Waals surface area contributed by atoms with Crippen LogP contribution < -0.4 is 5.32 Å². The fourth-order valence-corrected chi connectivity index (χ4v) is 3.43. The van der Waals surface area contributed by atoms with Crippen LogP contribution >= 0.6 is 27.7 Å². The van der Waals surface area contributed by atoms with Crippen LogP contribution in [-0.4, -0.2) is 21.6 Å². The Bertz CT molecular complexity index is 869. The maximum Gasteiger partial charge on any atom is 0.234 e. The molecule has 0 aliphatic carbocycles. The third-order valence-electron chi connectivity index (χ3n) is 3.13. The van der Waals surface area contributed by atoms with E-state index in [1.54, 1.807) is 0 Å². The number of para-hydroxylation sites is 1. The molecule has 0 aliphatic heterocycles. The number of anilines is 1. The number of aromatic nitrogens is 2. The van der Waals surface area contributed by atoms with E-state index in [-0.39, 0.29) is 5.91 Å². The number of carbonyl (C=O) groups is 1. The van der Waals surface area contributed by atoms with Crippen molar-refractivity contribution >= 4 is 50.2 Å². The van der Waals surface area contributed by atoms with Gasteiger partial charge in [0.05, 0.1) is 11.3 Å². The Morgan fingerprint density at radius 1 is 1.17 bits per heavy atom. The Balaban J connectivity index is 1.72. The normalized spacial score (nSPS) is 10.7. The fourth-order valence-electron chi connectivity index (χ4n) is 2.17. The van der Waals surface area contributed by atoms with Gasteiger partial charge in [-0.3, -0.25) is 4.79 Å². The highest BCUT2D eigenvalue weighted by Gasteiger charge is 2.09. The predicted octanol–water partition coefficient (Wildman–Crippen LogP) is 4.43. The van der Waals surface area contributed by atoms with Crippen LogP contribution in [0.15, 0.2) is 58.0 Å². The summed E-state index contributed by atoms with van der Waals surface area (Å²) in [5.74, 6) is 0.944. The minimum absolute atomic E-state index is 0.0616. The largest absolute Gasteiger partial charge is 0.325 e. The molecule has 1 amide bonds. The van der Waals surface area contributed by atoms with E-state index in [0.29, 0.717) is 11.6 Å². The highest BCUT2D eigenvalue weighted by molar-refractivity contribution is 9.10. The van der Waals surface area contributed by atoms with Crippen molar-refractivity contribution in [2.24, 2.45) is 0 Å². The Morgan fingerprint density at radius 3 is 2.83 bits per heavy atom. The lowest BCUT2D eigenvalue weighted by atomic mass is 10.2. The highest BCUT2D eigenvalue weighted by atomic mass is 79.9. The van der Waals surface area contributed by atoms with Gasteiger partial charge in [0.2, 0.25) is 5.91 Å². The molecule has 6 heteroatoms. The van der Waals surface area contributed by atoms with Crippen molar-refractivity contribution in [3.05, 3.63) is 58.8 Å². The molecule has 0 fully saturated rings. The summed E-state index contributed by atoms with van der Waals surface area (Å²) in [6, 6.07) is 15.4. The number of nitrogens with zero attached hydrogens (tertiary/aromatic N) is 2. The monoisotopic (exact) mass is 387 g/mol. The van der Waals surface area contributed by atoms with Crippen molar-refractivity contribution in [2.75, 3.05) is 11.1 Å². The molecule has 1 N–H and O–H groups in total. The molecule has 1 aromatic heterocycles. The van der Waals surface area contributed by atoms with Crippen molar-refractivity contribution in [3.8, 4) is 0 Å². The molecule has 2 aromatic carbocycles. The Labute approximate surface area is 146 Å². The number of thioether (sulfide) groups is 1. The zero-order valence-electron chi connectivity index (χ0n) is 12.4. The number of carbonyl (C=O) groups excluding carboxylic acids is 1. The molecule has 1 heterocycles. The summed E-state index contributed by atoms with van der Waals surface area (Å²) in [6.07, 6.45) is 0. The first-order valence-corrected chi connectivity index (χ1v) is 8.81. The van der Waals surface area contributed by atoms with Gasteiger partial charge in [-0.2, -0.15) is 0 Å². The van der Waals surface area contributed by atoms with E-state index in [9.17, 15) is 4.79 Å². The summed E-state index contributed by atoms with van der Waals surface area (Å²) < 4.78 is 0.931. The van der Waals surface area contributed by atoms with Gasteiger partial charge in [-0.25, -0.2) is 9.97 Å². The summed E-state index contributed by atoms with van der Waals surface area (Å²) in [7, 11) is 0. The maximum absolute atomic E-state index is 12.1. The molecule has 0 bridgehead atoms. The number of amides is 1. The van der Waals surface area contributed by atoms with Crippen LogP contribution in [-0.2, 0) is 4.79 Å². The van der Waals surface area contributed by atoms with E-state index >= 15 is 0 Å². The smallest absolute Gasteiger partial charge is 0.234 e. The summed E-state index contributed by atoms with van der Waals surface area (Å²) in [6.45, 7) is 1.86. The molecule has 0 atom stereocenters. The molecule has 23 heavy (non-hydrogen) atoms. The molecule has 0 saturated carbocycles. The van der Waals surface area contributed by atoms with Crippen molar-refractivity contribution in [3.63, 3.8) is 0 Å². The van der Waals surface area contributed by atoms with Crippen molar-refractivity contribution < 1.29 is 4.79 Å². The average Bonchev–Trinajstić information content (AvgIpc) is 2.52. The number of fused-ring (bicyclic) bond motifs is 1. The summed E-state index contributed by atoms with van der Waals surface area (Å²) >= 11 is 4.81. The lowest BCUT2D eigenvalue weighted by Gasteiger charge is -2.07. The number of hydrogen-bond donors (Lipinski definition) is 1. The predicted molar refractivity (Wildman–Crippen MR) is 97.8 cm³/mol. The van der Waals surface area contributed by atoms with Gasteiger partial charge >= 0.3 is 0 Å². The topological polar surface area (TPSA) is 54.9 Å². The minimum atomic E-state index is -0.0616. The zero-order chi connectivity index (χ0) is 16.2. The zero-order valence-corrected chi connectivity index (χ0v) is 14.8. The fraction of sp³-hybridized carbons (Fsp3) is 0.118. The van der Waals surface area contributed by atoms with Crippen LogP contribution in [0.25, 0.3) is 10.9 Å². The van der Waals surface area contributed by atoms with Crippen molar-refractivity contribution in [2.45, 2.75) is 11.9 Å². The van der Waals surface area contributed by atoms with E-state index in [0.717, 1.165) is 26.1 Å². The lowest BCUT2D eigenvalue weighted by Crippen LogP contribution is -2.14. The summed E-state index contributed by atoms with van der Waals surface area (Å²) in [5, 5.41) is 4.68. The number of aryl methyl sites for hydroxylation is 1. The van der Waals surface area contributed by atoms with E-state index in [2.05, 4.69) is 31.2 Å². The first-order valence-electron chi connectivity index (χ1n) is 7.03. The second-order valence-corrected chi connectivity index (χ2v) is 6.82. The van der Waals surface area contributed by atoms with E-state index in [1.165, 1.54) is 11.8 Å². The van der Waals surface area contributed by atoms with Gasteiger partial charge in [-0.15, -0.1) is 0 Å². The first-order chi connectivity index (χ1) is 11.1. The molecular formula is C17H14BrN3OS. The van der Waals surface area contributed by atoms with Gasteiger partial charge in [-0.1, -0.05) is 52.0 Å². The minimum Gasteiger partial charge on any atom is -0.325 e. The van der Waals surface area contributed by atoms with Crippen LogP contribution in [0.2, 0.25) is 0 Å². The molecular weight excluding hydrogens is 374 g/mol. The van der Waals surface area contributed by atoms with Crippen LogP contribution in [0.1, 0.15) is 5.82 Å². The second kappa shape index (κ2) is 7.10. The molecule has 0 saturated heterocycles. The first kappa shape index (κ1) is 16.0. The Kier molecular flexibility index (Phi) is 4.93. The Hall–Kier alpha value is -1.92. The molecule has 0 unspecified atom stereocenters. The Morgan fingerprint density at radius 2 is 2.00 bits per heavy atom. The van der Waals surface area contributed by atoms with Gasteiger partial charge in [0.1, 0.15) is 10.9 Å². The third-order valence-corrected chi connectivity index (χ3v) is 4.61. The molecule has 0 spiro atoms. The van der Waals surface area contributed by atoms with E-state index < -0.39 is 0 Å². The van der Waals surface area contributed by atoms with Crippen LogP contribution in [0.4, 0.5) is 5.69 Å². The number of nitrogens with one attached hydrogen (secondary N) is 1. The maximum atomic E-state index is 12.1. The average molecular weight is 388 g/mol. The molecule has 0 aliphatic rings. The molecule has 4 nitrogen and oxygen atoms in total. The summed E-state index contributed by atoms with van der Waals surface area (Å²) in [4.78, 5) is 21.0. The molecule has 3 aromatic rings. The molecule has 116 valence electrons.